The van der Waals surface area contributed by atoms with Gasteiger partial charge in [-0.05, 0) is 43.2 Å². The van der Waals surface area contributed by atoms with Crippen LogP contribution in [0.25, 0.3) is 27.5 Å². The molecular formula is C22H18FN5O3S2. The van der Waals surface area contributed by atoms with Gasteiger partial charge in [-0.25, -0.2) is 22.5 Å². The largest absolute Gasteiger partial charge is 0.302 e. The summed E-state index contributed by atoms with van der Waals surface area (Å²) in [5, 5.41) is 7.91. The molecule has 0 saturated heterocycles. The molecular weight excluding hydrogens is 465 g/mol. The number of hydrogen-bond acceptors (Lipinski definition) is 7. The van der Waals surface area contributed by atoms with Crippen LogP contribution in [0.3, 0.4) is 0 Å². The van der Waals surface area contributed by atoms with Crippen molar-refractivity contribution in [3.8, 4) is 27.5 Å². The molecule has 0 bridgehead atoms. The number of sulfone groups is 1. The van der Waals surface area contributed by atoms with Gasteiger partial charge >= 0.3 is 0 Å². The third-order valence-corrected chi connectivity index (χ3v) is 7.43. The van der Waals surface area contributed by atoms with Crippen molar-refractivity contribution in [3.63, 3.8) is 0 Å². The van der Waals surface area contributed by atoms with Gasteiger partial charge in [-0.2, -0.15) is 5.10 Å². The molecule has 8 nitrogen and oxygen atoms in total. The molecule has 0 aliphatic heterocycles. The van der Waals surface area contributed by atoms with E-state index in [9.17, 15) is 13.2 Å². The van der Waals surface area contributed by atoms with Crippen molar-refractivity contribution < 1.29 is 17.6 Å². The van der Waals surface area contributed by atoms with Crippen molar-refractivity contribution >= 4 is 32.2 Å². The maximum Gasteiger partial charge on any atom is 0.223 e. The summed E-state index contributed by atoms with van der Waals surface area (Å²) in [6, 6.07) is 7.47. The average molecular weight is 484 g/mol. The number of nitrogens with zero attached hydrogens (tertiary/aromatic N) is 4. The zero-order chi connectivity index (χ0) is 23.3. The number of aryl methyl sites for hydroxylation is 1. The second-order valence-electron chi connectivity index (χ2n) is 7.69. The summed E-state index contributed by atoms with van der Waals surface area (Å²) in [6.45, 7) is 1.41. The number of pyridine rings is 1. The maximum absolute atomic E-state index is 15.2. The minimum absolute atomic E-state index is 0.108. The van der Waals surface area contributed by atoms with Gasteiger partial charge in [0.25, 0.3) is 0 Å². The number of anilines is 1. The fourth-order valence-electron chi connectivity index (χ4n) is 3.87. The molecule has 4 aromatic rings. The molecule has 3 aromatic heterocycles. The van der Waals surface area contributed by atoms with Crippen LogP contribution in [0, 0.1) is 5.82 Å². The van der Waals surface area contributed by atoms with E-state index in [1.165, 1.54) is 35.1 Å². The summed E-state index contributed by atoms with van der Waals surface area (Å²) in [5.74, 6) is -0.937. The lowest BCUT2D eigenvalue weighted by atomic mass is 9.95. The number of benzene rings is 1. The number of halogens is 1. The van der Waals surface area contributed by atoms with Crippen molar-refractivity contribution in [2.45, 2.75) is 24.7 Å². The van der Waals surface area contributed by atoms with Crippen molar-refractivity contribution in [2.24, 2.45) is 0 Å². The van der Waals surface area contributed by atoms with E-state index in [0.29, 0.717) is 29.4 Å². The molecule has 1 aromatic carbocycles. The summed E-state index contributed by atoms with van der Waals surface area (Å²) in [5.41, 5.74) is 3.97. The Bertz CT molecular complexity index is 1510. The Labute approximate surface area is 193 Å². The lowest BCUT2D eigenvalue weighted by Crippen LogP contribution is -2.08. The monoisotopic (exact) mass is 483 g/mol. The quantitative estimate of drug-likeness (QED) is 0.475. The fraction of sp³-hybridized carbons (Fsp3) is 0.182. The smallest absolute Gasteiger partial charge is 0.223 e. The Balaban J connectivity index is 1.75. The van der Waals surface area contributed by atoms with Crippen molar-refractivity contribution in [2.75, 3.05) is 11.6 Å². The molecule has 1 N–H and O–H groups in total. The molecule has 5 rings (SSSR count). The van der Waals surface area contributed by atoms with Crippen molar-refractivity contribution in [3.05, 3.63) is 59.8 Å². The van der Waals surface area contributed by atoms with E-state index < -0.39 is 15.7 Å². The van der Waals surface area contributed by atoms with E-state index in [-0.39, 0.29) is 16.5 Å². The number of thiazole rings is 1. The first-order valence-electron chi connectivity index (χ1n) is 10.0. The molecule has 1 amide bonds. The highest BCUT2D eigenvalue weighted by Crippen LogP contribution is 2.44. The third-order valence-electron chi connectivity index (χ3n) is 5.30. The molecule has 168 valence electrons. The third kappa shape index (κ3) is 3.83. The first-order valence-corrected chi connectivity index (χ1v) is 12.7. The van der Waals surface area contributed by atoms with E-state index in [1.54, 1.807) is 18.5 Å². The number of nitrogens with one attached hydrogen (secondary N) is 1. The average Bonchev–Trinajstić information content (AvgIpc) is 3.34. The predicted molar refractivity (Wildman–Crippen MR) is 123 cm³/mol. The molecule has 1 aliphatic carbocycles. The highest BCUT2D eigenvalue weighted by atomic mass is 32.2. The molecule has 0 radical (unpaired) electrons. The number of fused-ring (bicyclic) bond motifs is 3. The van der Waals surface area contributed by atoms with E-state index in [2.05, 4.69) is 15.3 Å². The summed E-state index contributed by atoms with van der Waals surface area (Å²) < 4.78 is 40.4. The van der Waals surface area contributed by atoms with Crippen LogP contribution in [-0.4, -0.2) is 40.3 Å². The van der Waals surface area contributed by atoms with Crippen LogP contribution in [0.15, 0.2) is 47.6 Å². The molecule has 0 fully saturated rings. The zero-order valence-electron chi connectivity index (χ0n) is 17.7. The molecule has 0 atom stereocenters. The normalized spacial score (nSPS) is 12.8. The van der Waals surface area contributed by atoms with E-state index >= 15 is 4.39 Å². The van der Waals surface area contributed by atoms with Crippen molar-refractivity contribution in [1.29, 1.82) is 0 Å². The van der Waals surface area contributed by atoms with Crippen LogP contribution in [-0.2, 0) is 27.5 Å². The minimum atomic E-state index is -3.56. The van der Waals surface area contributed by atoms with Gasteiger partial charge in [-0.1, -0.05) is 11.3 Å². The van der Waals surface area contributed by atoms with Crippen LogP contribution < -0.4 is 5.32 Å². The Morgan fingerprint density at radius 1 is 1.24 bits per heavy atom. The van der Waals surface area contributed by atoms with Gasteiger partial charge in [0.1, 0.15) is 11.5 Å². The maximum atomic E-state index is 15.2. The van der Waals surface area contributed by atoms with Gasteiger partial charge in [0, 0.05) is 36.7 Å². The Morgan fingerprint density at radius 3 is 2.73 bits per heavy atom. The molecule has 0 spiro atoms. The first-order chi connectivity index (χ1) is 15.7. The number of hydrogen-bond donors (Lipinski definition) is 1. The summed E-state index contributed by atoms with van der Waals surface area (Å²) >= 11 is 1.30. The predicted octanol–water partition coefficient (Wildman–Crippen LogP) is 3.66. The van der Waals surface area contributed by atoms with Gasteiger partial charge in [-0.15, -0.1) is 0 Å². The lowest BCUT2D eigenvalue weighted by Gasteiger charge is -2.14. The number of rotatable bonds is 4. The zero-order valence-corrected chi connectivity index (χ0v) is 19.3. The van der Waals surface area contributed by atoms with E-state index in [4.69, 9.17) is 5.10 Å². The van der Waals surface area contributed by atoms with Gasteiger partial charge in [0.05, 0.1) is 26.9 Å². The topological polar surface area (TPSA) is 107 Å². The van der Waals surface area contributed by atoms with Crippen LogP contribution in [0.1, 0.15) is 18.2 Å². The Hall–Kier alpha value is -3.44. The highest BCUT2D eigenvalue weighted by Gasteiger charge is 2.31. The van der Waals surface area contributed by atoms with Crippen molar-refractivity contribution in [1.82, 2.24) is 19.7 Å². The molecule has 33 heavy (non-hydrogen) atoms. The Morgan fingerprint density at radius 2 is 2.06 bits per heavy atom. The lowest BCUT2D eigenvalue weighted by molar-refractivity contribution is -0.114. The molecule has 3 heterocycles. The van der Waals surface area contributed by atoms with Gasteiger partial charge in [0.15, 0.2) is 15.0 Å². The van der Waals surface area contributed by atoms with E-state index in [0.717, 1.165) is 34.0 Å². The minimum Gasteiger partial charge on any atom is -0.302 e. The van der Waals surface area contributed by atoms with Crippen LogP contribution >= 0.6 is 11.3 Å². The van der Waals surface area contributed by atoms with Gasteiger partial charge < -0.3 is 5.32 Å². The van der Waals surface area contributed by atoms with Crippen LogP contribution in [0.4, 0.5) is 9.52 Å². The molecule has 11 heteroatoms. The second-order valence-corrected chi connectivity index (χ2v) is 10.7. The summed E-state index contributed by atoms with van der Waals surface area (Å²) in [6.07, 6.45) is 5.66. The number of aromatic nitrogens is 4. The Kier molecular flexibility index (Phi) is 5.09. The second kappa shape index (κ2) is 7.85. The highest BCUT2D eigenvalue weighted by molar-refractivity contribution is 7.90. The van der Waals surface area contributed by atoms with E-state index in [1.807, 2.05) is 6.07 Å². The van der Waals surface area contributed by atoms with Gasteiger partial charge in [0.2, 0.25) is 5.91 Å². The van der Waals surface area contributed by atoms with Crippen LogP contribution in [0.5, 0.6) is 0 Å². The molecule has 0 saturated carbocycles. The summed E-state index contributed by atoms with van der Waals surface area (Å²) in [4.78, 5) is 20.9. The van der Waals surface area contributed by atoms with Crippen LogP contribution in [0.2, 0.25) is 0 Å². The molecule has 1 aliphatic rings. The SMILES string of the molecule is CC(=O)Nc1nc2c(s1)-c1c(c(-c3cccnc3)nn1-c1ccc(S(C)(=O)=O)cc1F)CC2. The van der Waals surface area contributed by atoms with Gasteiger partial charge in [-0.3, -0.25) is 9.78 Å². The number of carbonyl (C=O) groups is 1. The standard InChI is InChI=1S/C22H18FN5O3S2/c1-12(29)25-22-26-17-7-6-15-19(13-4-3-9-24-11-13)27-28(20(15)21(17)32-22)18-8-5-14(10-16(18)23)33(2,30)31/h3-5,8-11H,6-7H2,1-2H3,(H,25,26,29). The number of amides is 1. The number of carbonyl (C=O) groups excluding carboxylic acids is 1. The fourth-order valence-corrected chi connectivity index (χ4v) is 5.62. The summed E-state index contributed by atoms with van der Waals surface area (Å²) in [7, 11) is -3.56. The molecule has 0 unspecified atom stereocenters. The first kappa shape index (κ1) is 21.4.